The molecule has 0 amide bonds. The molecular formula is C12H11N3O2. The van der Waals surface area contributed by atoms with Gasteiger partial charge in [-0.05, 0) is 18.6 Å². The minimum absolute atomic E-state index is 0.124. The smallest absolute Gasteiger partial charge is 0.303 e. The lowest BCUT2D eigenvalue weighted by Gasteiger charge is -2.01. The third-order valence-corrected chi connectivity index (χ3v) is 2.57. The number of carbonyl (C=O) groups is 1. The van der Waals surface area contributed by atoms with E-state index in [0.717, 1.165) is 10.9 Å². The van der Waals surface area contributed by atoms with Crippen LogP contribution in [0.2, 0.25) is 0 Å². The summed E-state index contributed by atoms with van der Waals surface area (Å²) in [5, 5.41) is 22.5. The summed E-state index contributed by atoms with van der Waals surface area (Å²) in [6.07, 6.45) is 2.30. The van der Waals surface area contributed by atoms with Crippen molar-refractivity contribution in [3.63, 3.8) is 0 Å². The minimum atomic E-state index is -0.806. The van der Waals surface area contributed by atoms with Gasteiger partial charge in [0.1, 0.15) is 0 Å². The van der Waals surface area contributed by atoms with Crippen molar-refractivity contribution in [3.8, 4) is 6.07 Å². The van der Waals surface area contributed by atoms with E-state index in [1.54, 1.807) is 23.0 Å². The average molecular weight is 229 g/mol. The van der Waals surface area contributed by atoms with Gasteiger partial charge in [0, 0.05) is 18.4 Å². The summed E-state index contributed by atoms with van der Waals surface area (Å²) in [6, 6.07) is 7.53. The molecule has 2 aromatic rings. The predicted molar refractivity (Wildman–Crippen MR) is 61.3 cm³/mol. The molecule has 0 aliphatic heterocycles. The maximum atomic E-state index is 10.4. The molecule has 0 saturated heterocycles. The second-order valence-electron chi connectivity index (χ2n) is 3.72. The van der Waals surface area contributed by atoms with Crippen LogP contribution >= 0.6 is 0 Å². The Bertz CT molecular complexity index is 595. The first kappa shape index (κ1) is 11.1. The van der Waals surface area contributed by atoms with Crippen LogP contribution in [-0.4, -0.2) is 20.9 Å². The fourth-order valence-corrected chi connectivity index (χ4v) is 1.76. The first-order valence-electron chi connectivity index (χ1n) is 5.29. The van der Waals surface area contributed by atoms with Crippen molar-refractivity contribution in [1.29, 1.82) is 5.26 Å². The molecule has 1 N–H and O–H groups in total. The van der Waals surface area contributed by atoms with Crippen LogP contribution in [0.4, 0.5) is 0 Å². The van der Waals surface area contributed by atoms with E-state index in [4.69, 9.17) is 10.4 Å². The first-order valence-corrected chi connectivity index (χ1v) is 5.29. The Kier molecular flexibility index (Phi) is 3.06. The standard InChI is InChI=1S/C12H11N3O2/c13-7-9-3-1-4-11-10(9)8-14-15(11)6-2-5-12(16)17/h1,3-4,8H,2,5-6H2,(H,16,17). The summed E-state index contributed by atoms with van der Waals surface area (Å²) in [5.41, 5.74) is 1.46. The van der Waals surface area contributed by atoms with Crippen LogP contribution in [0.3, 0.4) is 0 Å². The van der Waals surface area contributed by atoms with E-state index in [0.29, 0.717) is 18.5 Å². The number of carboxylic acid groups (broad SMARTS) is 1. The molecule has 0 atom stereocenters. The average Bonchev–Trinajstić information content (AvgIpc) is 2.72. The monoisotopic (exact) mass is 229 g/mol. The van der Waals surface area contributed by atoms with Crippen LogP contribution in [0.5, 0.6) is 0 Å². The first-order chi connectivity index (χ1) is 8.22. The highest BCUT2D eigenvalue weighted by molar-refractivity contribution is 5.84. The van der Waals surface area contributed by atoms with Crippen molar-refractivity contribution < 1.29 is 9.90 Å². The summed E-state index contributed by atoms with van der Waals surface area (Å²) < 4.78 is 1.74. The summed E-state index contributed by atoms with van der Waals surface area (Å²) in [5.74, 6) is -0.806. The van der Waals surface area contributed by atoms with E-state index in [1.165, 1.54) is 0 Å². The molecule has 5 heteroatoms. The molecule has 0 fully saturated rings. The molecule has 1 aromatic carbocycles. The lowest BCUT2D eigenvalue weighted by atomic mass is 10.1. The van der Waals surface area contributed by atoms with Crippen LogP contribution < -0.4 is 0 Å². The van der Waals surface area contributed by atoms with Crippen molar-refractivity contribution in [3.05, 3.63) is 30.0 Å². The number of fused-ring (bicyclic) bond motifs is 1. The molecule has 0 unspecified atom stereocenters. The highest BCUT2D eigenvalue weighted by atomic mass is 16.4. The largest absolute Gasteiger partial charge is 0.481 e. The lowest BCUT2D eigenvalue weighted by molar-refractivity contribution is -0.137. The number of carboxylic acids is 1. The van der Waals surface area contributed by atoms with Gasteiger partial charge in [-0.2, -0.15) is 10.4 Å². The van der Waals surface area contributed by atoms with E-state index in [1.807, 2.05) is 6.07 Å². The van der Waals surface area contributed by atoms with Gasteiger partial charge in [0.15, 0.2) is 0 Å². The van der Waals surface area contributed by atoms with Crippen LogP contribution in [0.15, 0.2) is 24.4 Å². The van der Waals surface area contributed by atoms with Crippen LogP contribution in [-0.2, 0) is 11.3 Å². The van der Waals surface area contributed by atoms with E-state index in [-0.39, 0.29) is 6.42 Å². The Morgan fingerprint density at radius 2 is 2.35 bits per heavy atom. The van der Waals surface area contributed by atoms with Crippen molar-refractivity contribution in [2.24, 2.45) is 0 Å². The van der Waals surface area contributed by atoms with Crippen molar-refractivity contribution in [1.82, 2.24) is 9.78 Å². The van der Waals surface area contributed by atoms with E-state index >= 15 is 0 Å². The topological polar surface area (TPSA) is 78.9 Å². The summed E-state index contributed by atoms with van der Waals surface area (Å²) >= 11 is 0. The fourth-order valence-electron chi connectivity index (χ4n) is 1.76. The summed E-state index contributed by atoms with van der Waals surface area (Å²) in [4.78, 5) is 10.4. The molecule has 0 aliphatic rings. The Morgan fingerprint density at radius 1 is 1.53 bits per heavy atom. The Balaban J connectivity index is 2.25. The third-order valence-electron chi connectivity index (χ3n) is 2.57. The molecule has 0 spiro atoms. The van der Waals surface area contributed by atoms with Crippen molar-refractivity contribution in [2.45, 2.75) is 19.4 Å². The molecule has 86 valence electrons. The number of aliphatic carboxylic acids is 1. The molecule has 0 radical (unpaired) electrons. The molecule has 1 heterocycles. The summed E-state index contributed by atoms with van der Waals surface area (Å²) in [6.45, 7) is 0.546. The van der Waals surface area contributed by atoms with E-state index < -0.39 is 5.97 Å². The van der Waals surface area contributed by atoms with Crippen LogP contribution in [0, 0.1) is 11.3 Å². The number of nitrogens with zero attached hydrogens (tertiary/aromatic N) is 3. The zero-order valence-electron chi connectivity index (χ0n) is 9.13. The van der Waals surface area contributed by atoms with Gasteiger partial charge in [0.25, 0.3) is 0 Å². The van der Waals surface area contributed by atoms with Gasteiger partial charge in [-0.25, -0.2) is 0 Å². The Labute approximate surface area is 97.9 Å². The predicted octanol–water partition coefficient (Wildman–Crippen LogP) is 1.77. The number of nitriles is 1. The molecule has 2 rings (SSSR count). The normalized spacial score (nSPS) is 10.3. The SMILES string of the molecule is N#Cc1cccc2c1cnn2CCCC(=O)O. The highest BCUT2D eigenvalue weighted by Gasteiger charge is 2.06. The summed E-state index contributed by atoms with van der Waals surface area (Å²) in [7, 11) is 0. The quantitative estimate of drug-likeness (QED) is 0.866. The zero-order chi connectivity index (χ0) is 12.3. The van der Waals surface area contributed by atoms with Crippen molar-refractivity contribution in [2.75, 3.05) is 0 Å². The van der Waals surface area contributed by atoms with E-state index in [2.05, 4.69) is 11.2 Å². The Morgan fingerprint density at radius 3 is 3.06 bits per heavy atom. The highest BCUT2D eigenvalue weighted by Crippen LogP contribution is 2.18. The van der Waals surface area contributed by atoms with Gasteiger partial charge in [-0.15, -0.1) is 0 Å². The fraction of sp³-hybridized carbons (Fsp3) is 0.250. The molecule has 0 saturated carbocycles. The zero-order valence-corrected chi connectivity index (χ0v) is 9.13. The number of benzene rings is 1. The van der Waals surface area contributed by atoms with Crippen LogP contribution in [0.1, 0.15) is 18.4 Å². The molecule has 0 aliphatic carbocycles. The number of hydrogen-bond acceptors (Lipinski definition) is 3. The second-order valence-corrected chi connectivity index (χ2v) is 3.72. The number of aryl methyl sites for hydroxylation is 1. The third kappa shape index (κ3) is 2.26. The maximum absolute atomic E-state index is 10.4. The van der Waals surface area contributed by atoms with Gasteiger partial charge in [-0.3, -0.25) is 9.48 Å². The van der Waals surface area contributed by atoms with Crippen LogP contribution in [0.25, 0.3) is 10.9 Å². The molecule has 0 bridgehead atoms. The van der Waals surface area contributed by atoms with E-state index in [9.17, 15) is 4.79 Å². The van der Waals surface area contributed by atoms with Gasteiger partial charge < -0.3 is 5.11 Å². The van der Waals surface area contributed by atoms with Crippen molar-refractivity contribution >= 4 is 16.9 Å². The Hall–Kier alpha value is -2.35. The number of hydrogen-bond donors (Lipinski definition) is 1. The van der Waals surface area contributed by atoms with Gasteiger partial charge in [0.2, 0.25) is 0 Å². The lowest BCUT2D eigenvalue weighted by Crippen LogP contribution is -2.03. The molecule has 1 aromatic heterocycles. The second kappa shape index (κ2) is 4.66. The van der Waals surface area contributed by atoms with Gasteiger partial charge in [-0.1, -0.05) is 6.07 Å². The van der Waals surface area contributed by atoms with Gasteiger partial charge >= 0.3 is 5.97 Å². The molecule has 5 nitrogen and oxygen atoms in total. The van der Waals surface area contributed by atoms with Gasteiger partial charge in [0.05, 0.1) is 23.3 Å². The molecular weight excluding hydrogens is 218 g/mol. The minimum Gasteiger partial charge on any atom is -0.481 e. The maximum Gasteiger partial charge on any atom is 0.303 e. The number of aromatic nitrogens is 2. The molecule has 17 heavy (non-hydrogen) atoms. The number of rotatable bonds is 4.